The molecule has 5 nitrogen and oxygen atoms in total. The van der Waals surface area contributed by atoms with Crippen LogP contribution in [0.1, 0.15) is 46.0 Å². The molecule has 0 bridgehead atoms. The standard InChI is InChI=1S/C15H24N2O3/c1-3-4-5-10-16-14(20)17-11-15(13(18)19)8-6-12(2)7-9-15/h12H,5-11H2,1-2H3,(H,18,19)(H2,16,17,20). The molecule has 0 aromatic rings. The lowest BCUT2D eigenvalue weighted by atomic mass is 9.71. The minimum atomic E-state index is -0.804. The van der Waals surface area contributed by atoms with Crippen molar-refractivity contribution in [3.05, 3.63) is 0 Å². The predicted molar refractivity (Wildman–Crippen MR) is 77.2 cm³/mol. The summed E-state index contributed by atoms with van der Waals surface area (Å²) in [5.41, 5.74) is -0.799. The molecule has 1 fully saturated rings. The molecule has 112 valence electrons. The normalized spacial score (nSPS) is 25.2. The molecule has 1 aliphatic carbocycles. The van der Waals surface area contributed by atoms with Gasteiger partial charge in [-0.05, 0) is 38.5 Å². The van der Waals surface area contributed by atoms with Gasteiger partial charge < -0.3 is 15.7 Å². The van der Waals surface area contributed by atoms with Crippen molar-refractivity contribution in [3.8, 4) is 11.8 Å². The fraction of sp³-hybridized carbons (Fsp3) is 0.733. The molecule has 1 saturated carbocycles. The summed E-state index contributed by atoms with van der Waals surface area (Å²) in [7, 11) is 0. The van der Waals surface area contributed by atoms with Gasteiger partial charge in [0.2, 0.25) is 0 Å². The summed E-state index contributed by atoms with van der Waals surface area (Å²) in [5.74, 6) is 5.37. The quantitative estimate of drug-likeness (QED) is 0.532. The summed E-state index contributed by atoms with van der Waals surface area (Å²) < 4.78 is 0. The van der Waals surface area contributed by atoms with Crippen molar-refractivity contribution in [1.29, 1.82) is 0 Å². The van der Waals surface area contributed by atoms with Gasteiger partial charge in [0.15, 0.2) is 0 Å². The molecule has 0 radical (unpaired) electrons. The van der Waals surface area contributed by atoms with Crippen LogP contribution in [0.2, 0.25) is 0 Å². The van der Waals surface area contributed by atoms with Crippen LogP contribution in [0.3, 0.4) is 0 Å². The number of hydrogen-bond acceptors (Lipinski definition) is 2. The Kier molecular flexibility index (Phi) is 6.37. The number of carbonyl (C=O) groups is 2. The smallest absolute Gasteiger partial charge is 0.314 e. The number of nitrogens with one attached hydrogen (secondary N) is 2. The fourth-order valence-electron chi connectivity index (χ4n) is 2.46. The minimum absolute atomic E-state index is 0.195. The van der Waals surface area contributed by atoms with E-state index in [1.165, 1.54) is 0 Å². The number of carboxylic acid groups (broad SMARTS) is 1. The van der Waals surface area contributed by atoms with Gasteiger partial charge in [0.1, 0.15) is 0 Å². The highest BCUT2D eigenvalue weighted by Gasteiger charge is 2.41. The van der Waals surface area contributed by atoms with E-state index < -0.39 is 11.4 Å². The number of carboxylic acids is 1. The molecule has 2 amide bonds. The lowest BCUT2D eigenvalue weighted by molar-refractivity contribution is -0.151. The second-order valence-electron chi connectivity index (χ2n) is 5.55. The molecule has 0 heterocycles. The highest BCUT2D eigenvalue weighted by molar-refractivity contribution is 5.78. The molecule has 1 rings (SSSR count). The van der Waals surface area contributed by atoms with E-state index in [-0.39, 0.29) is 12.6 Å². The van der Waals surface area contributed by atoms with Crippen molar-refractivity contribution in [3.63, 3.8) is 0 Å². The Hall–Kier alpha value is -1.70. The van der Waals surface area contributed by atoms with Crippen LogP contribution in [-0.4, -0.2) is 30.2 Å². The molecule has 0 aromatic carbocycles. The van der Waals surface area contributed by atoms with Gasteiger partial charge in [0.05, 0.1) is 5.41 Å². The summed E-state index contributed by atoms with van der Waals surface area (Å²) in [6.45, 7) is 4.56. The Bertz CT molecular complexity index is 401. The zero-order chi connectivity index (χ0) is 15.0. The number of aliphatic carboxylic acids is 1. The first-order chi connectivity index (χ1) is 9.50. The van der Waals surface area contributed by atoms with Crippen molar-refractivity contribution in [2.75, 3.05) is 13.1 Å². The Labute approximate surface area is 120 Å². The maximum atomic E-state index is 11.6. The number of carbonyl (C=O) groups excluding carboxylic acids is 1. The fourth-order valence-corrected chi connectivity index (χ4v) is 2.46. The summed E-state index contributed by atoms with van der Waals surface area (Å²) in [5, 5.41) is 14.8. The van der Waals surface area contributed by atoms with E-state index in [0.717, 1.165) is 12.8 Å². The van der Waals surface area contributed by atoms with Gasteiger partial charge in [-0.3, -0.25) is 4.79 Å². The second-order valence-corrected chi connectivity index (χ2v) is 5.55. The molecular formula is C15H24N2O3. The lowest BCUT2D eigenvalue weighted by Gasteiger charge is -2.35. The molecule has 1 aliphatic rings. The molecule has 5 heteroatoms. The monoisotopic (exact) mass is 280 g/mol. The Morgan fingerprint density at radius 1 is 1.30 bits per heavy atom. The number of rotatable bonds is 5. The van der Waals surface area contributed by atoms with E-state index in [9.17, 15) is 14.7 Å². The summed E-state index contributed by atoms with van der Waals surface area (Å²) in [4.78, 5) is 23.1. The molecule has 0 unspecified atom stereocenters. The third-order valence-electron chi connectivity index (χ3n) is 3.98. The SMILES string of the molecule is CC#CCCNC(=O)NCC1(C(=O)O)CCC(C)CC1. The Morgan fingerprint density at radius 2 is 1.95 bits per heavy atom. The van der Waals surface area contributed by atoms with Crippen molar-refractivity contribution in [2.45, 2.75) is 46.0 Å². The van der Waals surface area contributed by atoms with Gasteiger partial charge in [0.25, 0.3) is 0 Å². The first-order valence-electron chi connectivity index (χ1n) is 7.15. The van der Waals surface area contributed by atoms with Gasteiger partial charge in [0, 0.05) is 19.5 Å². The highest BCUT2D eigenvalue weighted by atomic mass is 16.4. The zero-order valence-electron chi connectivity index (χ0n) is 12.3. The summed E-state index contributed by atoms with van der Waals surface area (Å²) in [6.07, 6.45) is 3.67. The minimum Gasteiger partial charge on any atom is -0.481 e. The van der Waals surface area contributed by atoms with Gasteiger partial charge in [-0.25, -0.2) is 4.79 Å². The van der Waals surface area contributed by atoms with Crippen LogP contribution in [0.4, 0.5) is 4.79 Å². The molecule has 20 heavy (non-hydrogen) atoms. The summed E-state index contributed by atoms with van der Waals surface area (Å²) in [6, 6.07) is -0.317. The van der Waals surface area contributed by atoms with E-state index in [1.54, 1.807) is 6.92 Å². The van der Waals surface area contributed by atoms with Crippen LogP contribution < -0.4 is 10.6 Å². The average Bonchev–Trinajstić information content (AvgIpc) is 2.43. The van der Waals surface area contributed by atoms with Crippen molar-refractivity contribution in [1.82, 2.24) is 10.6 Å². The molecule has 0 atom stereocenters. The zero-order valence-corrected chi connectivity index (χ0v) is 12.3. The Morgan fingerprint density at radius 3 is 2.50 bits per heavy atom. The second kappa shape index (κ2) is 7.78. The average molecular weight is 280 g/mol. The molecule has 0 aromatic heterocycles. The van der Waals surface area contributed by atoms with Crippen molar-refractivity contribution < 1.29 is 14.7 Å². The Balaban J connectivity index is 2.41. The molecular weight excluding hydrogens is 256 g/mol. The van der Waals surface area contributed by atoms with E-state index in [1.807, 2.05) is 0 Å². The first kappa shape index (κ1) is 16.4. The largest absolute Gasteiger partial charge is 0.481 e. The highest BCUT2D eigenvalue weighted by Crippen LogP contribution is 2.38. The number of amides is 2. The van der Waals surface area contributed by atoms with Crippen molar-refractivity contribution in [2.24, 2.45) is 11.3 Å². The molecule has 3 N–H and O–H groups in total. The van der Waals surface area contributed by atoms with Crippen LogP contribution >= 0.6 is 0 Å². The molecule has 0 saturated heterocycles. The van der Waals surface area contributed by atoms with Gasteiger partial charge >= 0.3 is 12.0 Å². The van der Waals surface area contributed by atoms with E-state index in [0.29, 0.717) is 31.7 Å². The maximum Gasteiger partial charge on any atom is 0.314 e. The maximum absolute atomic E-state index is 11.6. The predicted octanol–water partition coefficient (Wildman–Crippen LogP) is 1.98. The topological polar surface area (TPSA) is 78.4 Å². The van der Waals surface area contributed by atoms with Gasteiger partial charge in [-0.2, -0.15) is 0 Å². The van der Waals surface area contributed by atoms with E-state index in [2.05, 4.69) is 29.4 Å². The molecule has 0 aliphatic heterocycles. The van der Waals surface area contributed by atoms with Gasteiger partial charge in [-0.1, -0.05) is 6.92 Å². The third-order valence-corrected chi connectivity index (χ3v) is 3.98. The summed E-state index contributed by atoms with van der Waals surface area (Å²) >= 11 is 0. The lowest BCUT2D eigenvalue weighted by Crippen LogP contribution is -2.47. The van der Waals surface area contributed by atoms with Crippen LogP contribution in [0, 0.1) is 23.2 Å². The number of urea groups is 1. The van der Waals surface area contributed by atoms with E-state index in [4.69, 9.17) is 0 Å². The van der Waals surface area contributed by atoms with Crippen molar-refractivity contribution >= 4 is 12.0 Å². The van der Waals surface area contributed by atoms with Crippen LogP contribution in [0.15, 0.2) is 0 Å². The van der Waals surface area contributed by atoms with Crippen LogP contribution in [-0.2, 0) is 4.79 Å². The van der Waals surface area contributed by atoms with Gasteiger partial charge in [-0.15, -0.1) is 11.8 Å². The van der Waals surface area contributed by atoms with Crippen LogP contribution in [0.5, 0.6) is 0 Å². The molecule has 0 spiro atoms. The third kappa shape index (κ3) is 4.76. The van der Waals surface area contributed by atoms with Crippen LogP contribution in [0.25, 0.3) is 0 Å². The number of hydrogen-bond donors (Lipinski definition) is 3. The van der Waals surface area contributed by atoms with E-state index >= 15 is 0 Å². The first-order valence-corrected chi connectivity index (χ1v) is 7.15.